The maximum absolute atomic E-state index is 12.0. The summed E-state index contributed by atoms with van der Waals surface area (Å²) in [5.74, 6) is 0.453. The van der Waals surface area contributed by atoms with E-state index in [2.05, 4.69) is 16.6 Å². The molecule has 1 atom stereocenters. The average Bonchev–Trinajstić information content (AvgIpc) is 2.17. The summed E-state index contributed by atoms with van der Waals surface area (Å²) in [6, 6.07) is 1.62. The molecule has 84 valence electrons. The summed E-state index contributed by atoms with van der Waals surface area (Å²) < 4.78 is 28.2. The highest BCUT2D eigenvalue weighted by Gasteiger charge is 2.08. The van der Waals surface area contributed by atoms with Crippen molar-refractivity contribution in [2.24, 2.45) is 0 Å². The minimum Gasteiger partial charge on any atom is -0.433 e. The summed E-state index contributed by atoms with van der Waals surface area (Å²) in [7, 11) is 0. The second-order valence-corrected chi connectivity index (χ2v) is 3.52. The van der Waals surface area contributed by atoms with E-state index >= 15 is 0 Å². The number of halogens is 2. The molecule has 0 N–H and O–H groups in total. The van der Waals surface area contributed by atoms with Crippen molar-refractivity contribution in [1.29, 1.82) is 0 Å². The summed E-state index contributed by atoms with van der Waals surface area (Å²) in [6.07, 6.45) is 5.06. The van der Waals surface area contributed by atoms with Gasteiger partial charge < -0.3 is 4.74 Å². The van der Waals surface area contributed by atoms with E-state index in [4.69, 9.17) is 0 Å². The van der Waals surface area contributed by atoms with Crippen molar-refractivity contribution >= 4 is 0 Å². The SMILES string of the molecule is CCCC(C)c1cncc(OC(F)F)c1. The summed E-state index contributed by atoms with van der Waals surface area (Å²) in [5.41, 5.74) is 0.940. The Bertz CT molecular complexity index is 304. The van der Waals surface area contributed by atoms with E-state index in [0.717, 1.165) is 18.4 Å². The first kappa shape index (κ1) is 11.9. The normalized spacial score (nSPS) is 12.9. The fourth-order valence-corrected chi connectivity index (χ4v) is 1.47. The Morgan fingerprint density at radius 3 is 2.73 bits per heavy atom. The Hall–Kier alpha value is -1.19. The van der Waals surface area contributed by atoms with E-state index in [1.54, 1.807) is 12.3 Å². The second kappa shape index (κ2) is 5.63. The molecule has 1 aromatic rings. The fraction of sp³-hybridized carbons (Fsp3) is 0.545. The van der Waals surface area contributed by atoms with Crippen LogP contribution in [-0.2, 0) is 0 Å². The predicted molar refractivity (Wildman–Crippen MR) is 54.2 cm³/mol. The quantitative estimate of drug-likeness (QED) is 0.748. The van der Waals surface area contributed by atoms with Crippen molar-refractivity contribution in [2.45, 2.75) is 39.2 Å². The molecule has 0 aliphatic rings. The monoisotopic (exact) mass is 215 g/mol. The molecule has 0 aromatic carbocycles. The van der Waals surface area contributed by atoms with E-state index in [1.165, 1.54) is 6.20 Å². The Morgan fingerprint density at radius 1 is 1.40 bits per heavy atom. The van der Waals surface area contributed by atoms with Crippen LogP contribution in [0.15, 0.2) is 18.5 Å². The van der Waals surface area contributed by atoms with E-state index in [9.17, 15) is 8.78 Å². The Balaban J connectivity index is 2.73. The topological polar surface area (TPSA) is 22.1 Å². The first-order chi connectivity index (χ1) is 7.13. The zero-order valence-electron chi connectivity index (χ0n) is 8.91. The Kier molecular flexibility index (Phi) is 4.46. The average molecular weight is 215 g/mol. The lowest BCUT2D eigenvalue weighted by Gasteiger charge is -2.11. The minimum atomic E-state index is -2.79. The van der Waals surface area contributed by atoms with Gasteiger partial charge in [0, 0.05) is 6.20 Å². The van der Waals surface area contributed by atoms with Gasteiger partial charge in [0.25, 0.3) is 0 Å². The molecule has 1 heterocycles. The summed E-state index contributed by atoms with van der Waals surface area (Å²) in [4.78, 5) is 3.88. The molecule has 1 aromatic heterocycles. The number of hydrogen-bond acceptors (Lipinski definition) is 2. The number of pyridine rings is 1. The van der Waals surface area contributed by atoms with Gasteiger partial charge in [-0.3, -0.25) is 4.98 Å². The molecule has 4 heteroatoms. The van der Waals surface area contributed by atoms with Gasteiger partial charge in [0.15, 0.2) is 0 Å². The summed E-state index contributed by atoms with van der Waals surface area (Å²) in [6.45, 7) is 1.35. The second-order valence-electron chi connectivity index (χ2n) is 3.52. The van der Waals surface area contributed by atoms with Crippen LogP contribution in [-0.4, -0.2) is 11.6 Å². The zero-order chi connectivity index (χ0) is 11.3. The van der Waals surface area contributed by atoms with Gasteiger partial charge in [-0.25, -0.2) is 0 Å². The zero-order valence-corrected chi connectivity index (χ0v) is 8.91. The number of alkyl halides is 2. The number of nitrogens with zero attached hydrogens (tertiary/aromatic N) is 1. The third-order valence-electron chi connectivity index (χ3n) is 2.25. The molecular weight excluding hydrogens is 200 g/mol. The van der Waals surface area contributed by atoms with E-state index in [0.29, 0.717) is 5.92 Å². The van der Waals surface area contributed by atoms with Crippen molar-refractivity contribution in [3.63, 3.8) is 0 Å². The van der Waals surface area contributed by atoms with Crippen LogP contribution in [0.25, 0.3) is 0 Å². The van der Waals surface area contributed by atoms with Crippen LogP contribution in [0.5, 0.6) is 5.75 Å². The van der Waals surface area contributed by atoms with Crippen molar-refractivity contribution in [2.75, 3.05) is 0 Å². The van der Waals surface area contributed by atoms with Crippen LogP contribution in [0.1, 0.15) is 38.2 Å². The molecule has 0 fully saturated rings. The molecule has 0 aliphatic carbocycles. The summed E-state index contributed by atoms with van der Waals surface area (Å²) >= 11 is 0. The fourth-order valence-electron chi connectivity index (χ4n) is 1.47. The van der Waals surface area contributed by atoms with Gasteiger partial charge in [-0.1, -0.05) is 20.3 Å². The van der Waals surface area contributed by atoms with Gasteiger partial charge in [-0.2, -0.15) is 8.78 Å². The van der Waals surface area contributed by atoms with Crippen molar-refractivity contribution in [1.82, 2.24) is 4.98 Å². The molecule has 0 radical (unpaired) electrons. The van der Waals surface area contributed by atoms with Gasteiger partial charge in [0.05, 0.1) is 6.20 Å². The predicted octanol–water partition coefficient (Wildman–Crippen LogP) is 3.59. The molecule has 0 saturated carbocycles. The summed E-state index contributed by atoms with van der Waals surface area (Å²) in [5, 5.41) is 0. The Morgan fingerprint density at radius 2 is 2.13 bits per heavy atom. The van der Waals surface area contributed by atoms with Crippen LogP contribution in [0.3, 0.4) is 0 Å². The van der Waals surface area contributed by atoms with Crippen LogP contribution < -0.4 is 4.74 Å². The van der Waals surface area contributed by atoms with Crippen LogP contribution >= 0.6 is 0 Å². The molecule has 1 rings (SSSR count). The van der Waals surface area contributed by atoms with Gasteiger partial charge >= 0.3 is 6.61 Å². The highest BCUT2D eigenvalue weighted by Crippen LogP contribution is 2.23. The first-order valence-electron chi connectivity index (χ1n) is 5.03. The lowest BCUT2D eigenvalue weighted by molar-refractivity contribution is -0.0501. The number of ether oxygens (including phenoxy) is 1. The molecule has 0 aliphatic heterocycles. The maximum Gasteiger partial charge on any atom is 0.387 e. The molecule has 15 heavy (non-hydrogen) atoms. The van der Waals surface area contributed by atoms with Gasteiger partial charge in [-0.15, -0.1) is 0 Å². The maximum atomic E-state index is 12.0. The third kappa shape index (κ3) is 3.81. The Labute approximate surface area is 88.3 Å². The standard InChI is InChI=1S/C11H15F2NO/c1-3-4-8(2)9-5-10(7-14-6-9)15-11(12)13/h5-8,11H,3-4H2,1-2H3. The molecule has 1 unspecified atom stereocenters. The van der Waals surface area contributed by atoms with E-state index < -0.39 is 6.61 Å². The first-order valence-corrected chi connectivity index (χ1v) is 5.03. The molecule has 0 amide bonds. The molecule has 0 saturated heterocycles. The van der Waals surface area contributed by atoms with Crippen LogP contribution in [0.4, 0.5) is 8.78 Å². The largest absolute Gasteiger partial charge is 0.433 e. The van der Waals surface area contributed by atoms with E-state index in [-0.39, 0.29) is 5.75 Å². The van der Waals surface area contributed by atoms with Gasteiger partial charge in [-0.05, 0) is 24.0 Å². The lowest BCUT2D eigenvalue weighted by atomic mass is 9.98. The van der Waals surface area contributed by atoms with Crippen molar-refractivity contribution in [3.05, 3.63) is 24.0 Å². The molecule has 0 bridgehead atoms. The van der Waals surface area contributed by atoms with E-state index in [1.807, 2.05) is 6.92 Å². The molecular formula is C11H15F2NO. The molecule has 2 nitrogen and oxygen atoms in total. The van der Waals surface area contributed by atoms with Gasteiger partial charge in [0.2, 0.25) is 0 Å². The van der Waals surface area contributed by atoms with Crippen LogP contribution in [0, 0.1) is 0 Å². The highest BCUT2D eigenvalue weighted by molar-refractivity contribution is 5.25. The van der Waals surface area contributed by atoms with Crippen molar-refractivity contribution in [3.8, 4) is 5.75 Å². The molecule has 0 spiro atoms. The van der Waals surface area contributed by atoms with Gasteiger partial charge in [0.1, 0.15) is 5.75 Å². The third-order valence-corrected chi connectivity index (χ3v) is 2.25. The smallest absolute Gasteiger partial charge is 0.387 e. The highest BCUT2D eigenvalue weighted by atomic mass is 19.3. The number of aromatic nitrogens is 1. The lowest BCUT2D eigenvalue weighted by Crippen LogP contribution is -2.03. The minimum absolute atomic E-state index is 0.130. The van der Waals surface area contributed by atoms with Crippen molar-refractivity contribution < 1.29 is 13.5 Å². The number of hydrogen-bond donors (Lipinski definition) is 0. The number of rotatable bonds is 5. The van der Waals surface area contributed by atoms with Crippen LogP contribution in [0.2, 0.25) is 0 Å².